The molecule has 0 radical (unpaired) electrons. The van der Waals surface area contributed by atoms with Gasteiger partial charge in [0.25, 0.3) is 0 Å². The van der Waals surface area contributed by atoms with Crippen LogP contribution < -0.4 is 9.64 Å². The molecule has 8 heteroatoms. The van der Waals surface area contributed by atoms with E-state index in [9.17, 15) is 13.6 Å². The molecule has 1 aliphatic heterocycles. The second-order valence-electron chi connectivity index (χ2n) is 7.94. The first-order chi connectivity index (χ1) is 15.9. The number of anilines is 1. The van der Waals surface area contributed by atoms with Crippen molar-refractivity contribution in [2.75, 3.05) is 11.4 Å². The summed E-state index contributed by atoms with van der Waals surface area (Å²) in [5.41, 5.74) is 4.00. The third-order valence-electron chi connectivity index (χ3n) is 5.61. The highest BCUT2D eigenvalue weighted by Gasteiger charge is 2.24. The SMILES string of the molecule is C=C1CC(=O)N(c2ccc(-c3cnc4ccc(OC(C)c5cccc(F)c5F)nn34)cc2)C1. The number of imidazole rings is 1. The number of ether oxygens (including phenoxy) is 1. The Morgan fingerprint density at radius 1 is 1.09 bits per heavy atom. The van der Waals surface area contributed by atoms with E-state index in [0.717, 1.165) is 28.6 Å². The van der Waals surface area contributed by atoms with Crippen LogP contribution in [0.5, 0.6) is 5.88 Å². The molecule has 6 nitrogen and oxygen atoms in total. The van der Waals surface area contributed by atoms with Crippen molar-refractivity contribution in [2.24, 2.45) is 0 Å². The Labute approximate surface area is 188 Å². The number of amides is 1. The Morgan fingerprint density at radius 3 is 2.61 bits per heavy atom. The molecule has 3 heterocycles. The van der Waals surface area contributed by atoms with E-state index >= 15 is 0 Å². The first-order valence-corrected chi connectivity index (χ1v) is 10.4. The van der Waals surface area contributed by atoms with E-state index in [1.165, 1.54) is 12.1 Å². The van der Waals surface area contributed by atoms with Crippen molar-refractivity contribution in [1.29, 1.82) is 0 Å². The van der Waals surface area contributed by atoms with Gasteiger partial charge in [0.05, 0.1) is 11.9 Å². The lowest BCUT2D eigenvalue weighted by Gasteiger charge is -2.16. The number of hydrogen-bond donors (Lipinski definition) is 0. The number of carbonyl (C=O) groups is 1. The lowest BCUT2D eigenvalue weighted by atomic mass is 10.1. The second-order valence-corrected chi connectivity index (χ2v) is 7.94. The van der Waals surface area contributed by atoms with Crippen molar-refractivity contribution >= 4 is 17.2 Å². The van der Waals surface area contributed by atoms with Gasteiger partial charge < -0.3 is 9.64 Å². The summed E-state index contributed by atoms with van der Waals surface area (Å²) < 4.78 is 35.1. The van der Waals surface area contributed by atoms with Gasteiger partial charge in [-0.15, -0.1) is 5.10 Å². The minimum Gasteiger partial charge on any atom is -0.469 e. The molecule has 2 aromatic heterocycles. The van der Waals surface area contributed by atoms with E-state index < -0.39 is 17.7 Å². The molecule has 1 fully saturated rings. The highest BCUT2D eigenvalue weighted by Crippen LogP contribution is 2.29. The molecule has 0 saturated carbocycles. The van der Waals surface area contributed by atoms with E-state index in [4.69, 9.17) is 4.74 Å². The average molecular weight is 446 g/mol. The predicted octanol–water partition coefficient (Wildman–Crippen LogP) is 5.11. The van der Waals surface area contributed by atoms with Crippen LogP contribution in [0.4, 0.5) is 14.5 Å². The van der Waals surface area contributed by atoms with Crippen molar-refractivity contribution in [3.05, 3.63) is 90.1 Å². The van der Waals surface area contributed by atoms with E-state index in [-0.39, 0.29) is 17.4 Å². The van der Waals surface area contributed by atoms with Gasteiger partial charge in [0.1, 0.15) is 6.10 Å². The summed E-state index contributed by atoms with van der Waals surface area (Å²) in [5.74, 6) is -1.58. The number of hydrogen-bond acceptors (Lipinski definition) is 4. The van der Waals surface area contributed by atoms with Crippen LogP contribution in [0.2, 0.25) is 0 Å². The maximum Gasteiger partial charge on any atom is 0.232 e. The summed E-state index contributed by atoms with van der Waals surface area (Å²) in [5, 5.41) is 4.49. The first-order valence-electron chi connectivity index (χ1n) is 10.4. The van der Waals surface area contributed by atoms with Crippen molar-refractivity contribution in [3.63, 3.8) is 0 Å². The smallest absolute Gasteiger partial charge is 0.232 e. The zero-order valence-electron chi connectivity index (χ0n) is 17.8. The van der Waals surface area contributed by atoms with Crippen molar-refractivity contribution in [1.82, 2.24) is 14.6 Å². The maximum absolute atomic E-state index is 14.1. The summed E-state index contributed by atoms with van der Waals surface area (Å²) >= 11 is 0. The lowest BCUT2D eigenvalue weighted by Crippen LogP contribution is -2.23. The van der Waals surface area contributed by atoms with E-state index in [1.807, 2.05) is 24.3 Å². The van der Waals surface area contributed by atoms with E-state index in [1.54, 1.807) is 34.7 Å². The summed E-state index contributed by atoms with van der Waals surface area (Å²) in [6.07, 6.45) is 1.32. The number of fused-ring (bicyclic) bond motifs is 1. The fraction of sp³-hybridized carbons (Fsp3) is 0.160. The van der Waals surface area contributed by atoms with Gasteiger partial charge in [-0.1, -0.05) is 30.8 Å². The fourth-order valence-electron chi connectivity index (χ4n) is 3.92. The van der Waals surface area contributed by atoms with Crippen LogP contribution in [0.15, 0.2) is 72.9 Å². The maximum atomic E-state index is 14.1. The number of carbonyl (C=O) groups excluding carboxylic acids is 1. The van der Waals surface area contributed by atoms with Gasteiger partial charge in [0.2, 0.25) is 11.8 Å². The molecular weight excluding hydrogens is 426 g/mol. The third kappa shape index (κ3) is 3.84. The lowest BCUT2D eigenvalue weighted by molar-refractivity contribution is -0.116. The monoisotopic (exact) mass is 446 g/mol. The van der Waals surface area contributed by atoms with Crippen LogP contribution in [0.3, 0.4) is 0 Å². The number of aromatic nitrogens is 3. The fourth-order valence-corrected chi connectivity index (χ4v) is 3.92. The van der Waals surface area contributed by atoms with Crippen LogP contribution in [-0.2, 0) is 4.79 Å². The zero-order valence-corrected chi connectivity index (χ0v) is 17.8. The largest absolute Gasteiger partial charge is 0.469 e. The molecular formula is C25H20F2N4O2. The van der Waals surface area contributed by atoms with E-state index in [0.29, 0.717) is 18.6 Å². The van der Waals surface area contributed by atoms with Gasteiger partial charge in [-0.05, 0) is 36.8 Å². The van der Waals surface area contributed by atoms with E-state index in [2.05, 4.69) is 16.7 Å². The summed E-state index contributed by atoms with van der Waals surface area (Å²) in [4.78, 5) is 18.2. The van der Waals surface area contributed by atoms with Crippen LogP contribution in [0.25, 0.3) is 16.9 Å². The molecule has 4 aromatic rings. The molecule has 0 aliphatic carbocycles. The van der Waals surface area contributed by atoms with Gasteiger partial charge in [-0.3, -0.25) is 4.79 Å². The Hall–Kier alpha value is -4.07. The predicted molar refractivity (Wildman–Crippen MR) is 120 cm³/mol. The Kier molecular flexibility index (Phi) is 5.12. The Balaban J connectivity index is 1.42. The summed E-state index contributed by atoms with van der Waals surface area (Å²) in [6, 6.07) is 14.9. The molecule has 1 aliphatic rings. The number of nitrogens with zero attached hydrogens (tertiary/aromatic N) is 4. The Bertz CT molecular complexity index is 1380. The van der Waals surface area contributed by atoms with Crippen LogP contribution in [0, 0.1) is 11.6 Å². The first kappa shape index (κ1) is 20.8. The number of rotatable bonds is 5. The summed E-state index contributed by atoms with van der Waals surface area (Å²) in [7, 11) is 0. The topological polar surface area (TPSA) is 59.7 Å². The molecule has 1 saturated heterocycles. The molecule has 33 heavy (non-hydrogen) atoms. The van der Waals surface area contributed by atoms with Gasteiger partial charge >= 0.3 is 0 Å². The van der Waals surface area contributed by atoms with Gasteiger partial charge in [0, 0.05) is 35.8 Å². The molecule has 0 spiro atoms. The van der Waals surface area contributed by atoms with Gasteiger partial charge in [0.15, 0.2) is 17.3 Å². The molecule has 1 amide bonds. The van der Waals surface area contributed by atoms with Crippen LogP contribution in [0.1, 0.15) is 25.0 Å². The minimum atomic E-state index is -0.936. The summed E-state index contributed by atoms with van der Waals surface area (Å²) in [6.45, 7) is 6.05. The number of benzene rings is 2. The molecule has 2 aromatic carbocycles. The third-order valence-corrected chi connectivity index (χ3v) is 5.61. The molecule has 166 valence electrons. The molecule has 1 atom stereocenters. The van der Waals surface area contributed by atoms with Crippen molar-refractivity contribution in [3.8, 4) is 17.1 Å². The normalized spacial score (nSPS) is 14.8. The molecule has 0 N–H and O–H groups in total. The number of halogens is 2. The van der Waals surface area contributed by atoms with Crippen molar-refractivity contribution < 1.29 is 18.3 Å². The molecule has 0 bridgehead atoms. The van der Waals surface area contributed by atoms with Crippen LogP contribution in [-0.4, -0.2) is 27.0 Å². The average Bonchev–Trinajstić information content (AvgIpc) is 3.37. The van der Waals surface area contributed by atoms with Crippen molar-refractivity contribution in [2.45, 2.75) is 19.4 Å². The van der Waals surface area contributed by atoms with Gasteiger partial charge in [-0.25, -0.2) is 18.3 Å². The highest BCUT2D eigenvalue weighted by molar-refractivity contribution is 5.98. The minimum absolute atomic E-state index is 0.0369. The highest BCUT2D eigenvalue weighted by atomic mass is 19.2. The van der Waals surface area contributed by atoms with Crippen LogP contribution >= 0.6 is 0 Å². The zero-order chi connectivity index (χ0) is 23.1. The molecule has 5 rings (SSSR count). The standard InChI is InChI=1S/C25H20F2N4O2/c1-15-12-24(32)30(14-15)18-8-6-17(7-9-18)21-13-28-22-10-11-23(29-31(21)22)33-16(2)19-4-3-5-20(26)25(19)27/h3-11,13,16H,1,12,14H2,2H3. The van der Waals surface area contributed by atoms with Gasteiger partial charge in [-0.2, -0.15) is 0 Å². The Morgan fingerprint density at radius 2 is 1.88 bits per heavy atom. The second kappa shape index (κ2) is 8.12. The quantitative estimate of drug-likeness (QED) is 0.400. The molecule has 1 unspecified atom stereocenters.